The predicted octanol–water partition coefficient (Wildman–Crippen LogP) is 2.26. The fourth-order valence-corrected chi connectivity index (χ4v) is 4.59. The van der Waals surface area contributed by atoms with Gasteiger partial charge in [0.15, 0.2) is 0 Å². The van der Waals surface area contributed by atoms with Crippen LogP contribution in [0, 0.1) is 11.3 Å². The van der Waals surface area contributed by atoms with Crippen molar-refractivity contribution in [1.29, 1.82) is 0 Å². The molecule has 19 heavy (non-hydrogen) atoms. The van der Waals surface area contributed by atoms with E-state index in [0.717, 1.165) is 12.5 Å². The molecule has 2 heterocycles. The van der Waals surface area contributed by atoms with Gasteiger partial charge in [-0.25, -0.2) is 0 Å². The molecule has 0 radical (unpaired) electrons. The van der Waals surface area contributed by atoms with Gasteiger partial charge in [0, 0.05) is 36.6 Å². The number of piperidine rings is 1. The smallest absolute Gasteiger partial charge is 0.0684 e. The second kappa shape index (κ2) is 5.34. The van der Waals surface area contributed by atoms with Crippen molar-refractivity contribution in [2.24, 2.45) is 11.3 Å². The maximum Gasteiger partial charge on any atom is 0.0684 e. The molecule has 0 aromatic carbocycles. The average molecular weight is 266 g/mol. The zero-order valence-corrected chi connectivity index (χ0v) is 12.8. The Hall–Kier alpha value is -0.120. The third-order valence-corrected chi connectivity index (χ3v) is 5.70. The van der Waals surface area contributed by atoms with Crippen molar-refractivity contribution in [3.63, 3.8) is 0 Å². The Kier molecular flexibility index (Phi) is 3.89. The summed E-state index contributed by atoms with van der Waals surface area (Å²) in [6.45, 7) is 11.8. The summed E-state index contributed by atoms with van der Waals surface area (Å²) in [5, 5.41) is 3.99. The lowest BCUT2D eigenvalue weighted by atomic mass is 9.55. The first-order valence-electron chi connectivity index (χ1n) is 8.23. The number of likely N-dealkylation sites (N-methyl/N-ethyl adjacent to an activating group) is 1. The van der Waals surface area contributed by atoms with E-state index in [1.165, 1.54) is 45.3 Å². The van der Waals surface area contributed by atoms with E-state index in [2.05, 4.69) is 31.0 Å². The van der Waals surface area contributed by atoms with E-state index < -0.39 is 0 Å². The van der Waals surface area contributed by atoms with Gasteiger partial charge in [-0.1, -0.05) is 20.8 Å². The Morgan fingerprint density at radius 3 is 2.89 bits per heavy atom. The van der Waals surface area contributed by atoms with E-state index in [-0.39, 0.29) is 0 Å². The minimum atomic E-state index is 0.319. The summed E-state index contributed by atoms with van der Waals surface area (Å²) in [7, 11) is 0. The van der Waals surface area contributed by atoms with E-state index in [1.54, 1.807) is 0 Å². The summed E-state index contributed by atoms with van der Waals surface area (Å²) >= 11 is 0. The van der Waals surface area contributed by atoms with E-state index in [9.17, 15) is 0 Å². The number of hydrogen-bond donors (Lipinski definition) is 1. The molecule has 2 aliphatic heterocycles. The Labute approximate surface area is 118 Å². The van der Waals surface area contributed by atoms with Crippen molar-refractivity contribution in [1.82, 2.24) is 10.2 Å². The molecule has 0 amide bonds. The molecule has 0 aromatic heterocycles. The Morgan fingerprint density at radius 1 is 1.26 bits per heavy atom. The van der Waals surface area contributed by atoms with Crippen LogP contribution in [0.5, 0.6) is 0 Å². The van der Waals surface area contributed by atoms with Crippen molar-refractivity contribution >= 4 is 0 Å². The first kappa shape index (κ1) is 13.8. The molecule has 3 heteroatoms. The number of nitrogens with zero attached hydrogens (tertiary/aromatic N) is 1. The molecule has 3 rings (SSSR count). The zero-order chi connectivity index (χ0) is 13.5. The third kappa shape index (κ3) is 2.45. The molecule has 2 saturated heterocycles. The fourth-order valence-electron chi connectivity index (χ4n) is 4.59. The van der Waals surface area contributed by atoms with E-state index in [1.807, 2.05) is 0 Å². The maximum atomic E-state index is 6.00. The second-order valence-electron chi connectivity index (χ2n) is 7.30. The van der Waals surface area contributed by atoms with Gasteiger partial charge >= 0.3 is 0 Å². The third-order valence-electron chi connectivity index (χ3n) is 5.70. The SMILES string of the molecule is CCN1CCCC(NC2C3CCCOC3C2(C)C)C1. The van der Waals surface area contributed by atoms with Crippen LogP contribution >= 0.6 is 0 Å². The average Bonchev–Trinajstić information content (AvgIpc) is 2.45. The highest BCUT2D eigenvalue weighted by atomic mass is 16.5. The molecule has 1 N–H and O–H groups in total. The summed E-state index contributed by atoms with van der Waals surface area (Å²) < 4.78 is 6.00. The van der Waals surface area contributed by atoms with Gasteiger partial charge in [0.1, 0.15) is 0 Å². The molecule has 3 fully saturated rings. The molecule has 4 atom stereocenters. The quantitative estimate of drug-likeness (QED) is 0.848. The summed E-state index contributed by atoms with van der Waals surface area (Å²) in [6, 6.07) is 1.36. The topological polar surface area (TPSA) is 24.5 Å². The van der Waals surface area contributed by atoms with E-state index in [0.29, 0.717) is 23.6 Å². The van der Waals surface area contributed by atoms with Crippen LogP contribution in [0.15, 0.2) is 0 Å². The molecule has 0 aromatic rings. The summed E-state index contributed by atoms with van der Waals surface area (Å²) in [6.07, 6.45) is 5.81. The van der Waals surface area contributed by atoms with Crippen LogP contribution in [0.2, 0.25) is 0 Å². The first-order valence-corrected chi connectivity index (χ1v) is 8.23. The van der Waals surface area contributed by atoms with Crippen molar-refractivity contribution in [3.8, 4) is 0 Å². The van der Waals surface area contributed by atoms with Crippen LogP contribution in [0.1, 0.15) is 46.5 Å². The molecular weight excluding hydrogens is 236 g/mol. The largest absolute Gasteiger partial charge is 0.377 e. The summed E-state index contributed by atoms with van der Waals surface area (Å²) in [5.41, 5.74) is 0.319. The number of hydrogen-bond acceptors (Lipinski definition) is 3. The van der Waals surface area contributed by atoms with E-state index >= 15 is 0 Å². The normalized spacial score (nSPS) is 42.5. The van der Waals surface area contributed by atoms with Crippen LogP contribution in [0.3, 0.4) is 0 Å². The molecule has 3 aliphatic rings. The van der Waals surface area contributed by atoms with Crippen molar-refractivity contribution in [2.45, 2.75) is 64.6 Å². The molecule has 110 valence electrons. The lowest BCUT2D eigenvalue weighted by Gasteiger charge is -2.61. The van der Waals surface area contributed by atoms with Gasteiger partial charge < -0.3 is 15.0 Å². The Balaban J connectivity index is 1.59. The molecular formula is C16H30N2O. The minimum absolute atomic E-state index is 0.319. The summed E-state index contributed by atoms with van der Waals surface area (Å²) in [4.78, 5) is 2.59. The van der Waals surface area contributed by atoms with Crippen LogP contribution < -0.4 is 5.32 Å². The van der Waals surface area contributed by atoms with Crippen LogP contribution in [0.4, 0.5) is 0 Å². The molecule has 1 saturated carbocycles. The highest BCUT2D eigenvalue weighted by molar-refractivity contribution is 5.11. The number of likely N-dealkylation sites (tertiary alicyclic amines) is 1. The Morgan fingerprint density at radius 2 is 2.11 bits per heavy atom. The van der Waals surface area contributed by atoms with Crippen LogP contribution in [-0.4, -0.2) is 49.3 Å². The van der Waals surface area contributed by atoms with Crippen LogP contribution in [-0.2, 0) is 4.74 Å². The van der Waals surface area contributed by atoms with Gasteiger partial charge in [-0.05, 0) is 38.8 Å². The molecule has 3 nitrogen and oxygen atoms in total. The highest BCUT2D eigenvalue weighted by Crippen LogP contribution is 2.51. The van der Waals surface area contributed by atoms with Crippen LogP contribution in [0.25, 0.3) is 0 Å². The minimum Gasteiger partial charge on any atom is -0.377 e. The van der Waals surface area contributed by atoms with E-state index in [4.69, 9.17) is 4.74 Å². The van der Waals surface area contributed by atoms with Crippen molar-refractivity contribution in [2.75, 3.05) is 26.2 Å². The van der Waals surface area contributed by atoms with Gasteiger partial charge in [0.25, 0.3) is 0 Å². The molecule has 4 unspecified atom stereocenters. The second-order valence-corrected chi connectivity index (χ2v) is 7.30. The standard InChI is InChI=1S/C16H30N2O/c1-4-18-9-5-7-12(11-18)17-14-13-8-6-10-19-15(13)16(14,2)3/h12-15,17H,4-11H2,1-3H3. The monoisotopic (exact) mass is 266 g/mol. The maximum absolute atomic E-state index is 6.00. The van der Waals surface area contributed by atoms with Gasteiger partial charge in [0.2, 0.25) is 0 Å². The van der Waals surface area contributed by atoms with Crippen molar-refractivity contribution in [3.05, 3.63) is 0 Å². The fraction of sp³-hybridized carbons (Fsp3) is 1.00. The lowest BCUT2D eigenvalue weighted by molar-refractivity contribution is -0.195. The Bertz CT molecular complexity index is 318. The summed E-state index contributed by atoms with van der Waals surface area (Å²) in [5.74, 6) is 0.765. The molecule has 0 spiro atoms. The first-order chi connectivity index (χ1) is 9.13. The van der Waals surface area contributed by atoms with Crippen molar-refractivity contribution < 1.29 is 4.74 Å². The highest BCUT2D eigenvalue weighted by Gasteiger charge is 2.58. The van der Waals surface area contributed by atoms with Gasteiger partial charge in [-0.3, -0.25) is 0 Å². The number of nitrogens with one attached hydrogen (secondary N) is 1. The van der Waals surface area contributed by atoms with Gasteiger partial charge in [0.05, 0.1) is 6.10 Å². The number of rotatable bonds is 3. The number of fused-ring (bicyclic) bond motifs is 1. The zero-order valence-electron chi connectivity index (χ0n) is 12.8. The predicted molar refractivity (Wildman–Crippen MR) is 78.3 cm³/mol. The lowest BCUT2D eigenvalue weighted by Crippen LogP contribution is -2.71. The van der Waals surface area contributed by atoms with Gasteiger partial charge in [-0.15, -0.1) is 0 Å². The molecule has 1 aliphatic carbocycles. The molecule has 0 bridgehead atoms. The van der Waals surface area contributed by atoms with Gasteiger partial charge in [-0.2, -0.15) is 0 Å². The number of ether oxygens (including phenoxy) is 1.